The molecule has 17 heavy (non-hydrogen) atoms. The van der Waals surface area contributed by atoms with Gasteiger partial charge in [-0.25, -0.2) is 4.79 Å². The number of nitrogens with one attached hydrogen (secondary N) is 1. The molecule has 0 aliphatic heterocycles. The Morgan fingerprint density at radius 3 is 2.76 bits per heavy atom. The Morgan fingerprint density at radius 1 is 1.59 bits per heavy atom. The molecule has 1 N–H and O–H groups in total. The first-order chi connectivity index (χ1) is 7.97. The number of halogens is 1. The highest BCUT2D eigenvalue weighted by molar-refractivity contribution is 7.15. The van der Waals surface area contributed by atoms with Gasteiger partial charge >= 0.3 is 5.97 Å². The zero-order valence-corrected chi connectivity index (χ0v) is 11.4. The first-order valence-electron chi connectivity index (χ1n) is 5.17. The van der Waals surface area contributed by atoms with E-state index >= 15 is 0 Å². The van der Waals surface area contributed by atoms with Gasteiger partial charge in [-0.05, 0) is 31.7 Å². The molecular weight excluding hydrogens is 262 g/mol. The van der Waals surface area contributed by atoms with Gasteiger partial charge < -0.3 is 10.1 Å². The van der Waals surface area contributed by atoms with Crippen molar-refractivity contribution >= 4 is 39.8 Å². The van der Waals surface area contributed by atoms with Crippen LogP contribution in [-0.4, -0.2) is 23.9 Å². The largest absolute Gasteiger partial charge is 0.462 e. The Morgan fingerprint density at radius 2 is 2.24 bits per heavy atom. The van der Waals surface area contributed by atoms with E-state index in [9.17, 15) is 9.59 Å². The summed E-state index contributed by atoms with van der Waals surface area (Å²) in [4.78, 5) is 23.2. The van der Waals surface area contributed by atoms with E-state index in [2.05, 4.69) is 5.32 Å². The van der Waals surface area contributed by atoms with Crippen LogP contribution in [0.25, 0.3) is 0 Å². The van der Waals surface area contributed by atoms with Gasteiger partial charge in [-0.3, -0.25) is 4.79 Å². The molecule has 0 aliphatic rings. The fourth-order valence-electron chi connectivity index (χ4n) is 1.20. The van der Waals surface area contributed by atoms with Crippen LogP contribution >= 0.6 is 22.9 Å². The van der Waals surface area contributed by atoms with Crippen molar-refractivity contribution in [2.45, 2.75) is 26.1 Å². The van der Waals surface area contributed by atoms with E-state index < -0.39 is 11.3 Å². The van der Waals surface area contributed by atoms with Crippen molar-refractivity contribution in [1.29, 1.82) is 0 Å². The molecule has 0 spiro atoms. The van der Waals surface area contributed by atoms with Crippen molar-refractivity contribution in [3.8, 4) is 0 Å². The lowest BCUT2D eigenvalue weighted by molar-refractivity contribution is -0.115. The second kappa shape index (κ2) is 6.02. The number of esters is 1. The number of alkyl halides is 1. The number of ether oxygens (including phenoxy) is 1. The number of rotatable bonds is 4. The predicted molar refractivity (Wildman–Crippen MR) is 69.0 cm³/mol. The standard InChI is InChI=1S/C11H14ClNO3S/c1-4-16-11(15)8-6(2)5-17-10(8)13-9(14)7(3)12/h5,7H,4H2,1-3H3,(H,13,14)/t7-/m0/s1. The number of amides is 1. The summed E-state index contributed by atoms with van der Waals surface area (Å²) in [6.45, 7) is 5.40. The van der Waals surface area contributed by atoms with Gasteiger partial charge in [0.2, 0.25) is 5.91 Å². The lowest BCUT2D eigenvalue weighted by Crippen LogP contribution is -2.21. The van der Waals surface area contributed by atoms with Gasteiger partial charge in [-0.1, -0.05) is 0 Å². The van der Waals surface area contributed by atoms with E-state index in [1.807, 2.05) is 0 Å². The van der Waals surface area contributed by atoms with Crippen molar-refractivity contribution in [3.05, 3.63) is 16.5 Å². The maximum Gasteiger partial charge on any atom is 0.341 e. The van der Waals surface area contributed by atoms with Crippen LogP contribution in [0.5, 0.6) is 0 Å². The number of carbonyl (C=O) groups is 2. The topological polar surface area (TPSA) is 55.4 Å². The summed E-state index contributed by atoms with van der Waals surface area (Å²) in [5.41, 5.74) is 1.19. The van der Waals surface area contributed by atoms with E-state index in [4.69, 9.17) is 16.3 Å². The van der Waals surface area contributed by atoms with Gasteiger partial charge in [0, 0.05) is 0 Å². The maximum atomic E-state index is 11.7. The predicted octanol–water partition coefficient (Wildman–Crippen LogP) is 2.80. The minimum Gasteiger partial charge on any atom is -0.462 e. The molecule has 4 nitrogen and oxygen atoms in total. The fraction of sp³-hybridized carbons (Fsp3) is 0.455. The second-order valence-electron chi connectivity index (χ2n) is 3.45. The molecule has 0 aliphatic carbocycles. The molecule has 1 heterocycles. The van der Waals surface area contributed by atoms with Gasteiger partial charge in [-0.15, -0.1) is 22.9 Å². The minimum atomic E-state index is -0.646. The zero-order valence-electron chi connectivity index (χ0n) is 9.87. The Balaban J connectivity index is 2.94. The normalized spacial score (nSPS) is 12.0. The first kappa shape index (κ1) is 14.0. The highest BCUT2D eigenvalue weighted by atomic mass is 35.5. The Labute approximate surface area is 109 Å². The molecule has 6 heteroatoms. The fourth-order valence-corrected chi connectivity index (χ4v) is 2.19. The van der Waals surface area contributed by atoms with Crippen LogP contribution in [0.4, 0.5) is 5.00 Å². The van der Waals surface area contributed by atoms with Gasteiger partial charge in [0.25, 0.3) is 0 Å². The second-order valence-corrected chi connectivity index (χ2v) is 4.98. The first-order valence-corrected chi connectivity index (χ1v) is 6.49. The monoisotopic (exact) mass is 275 g/mol. The molecule has 0 fully saturated rings. The van der Waals surface area contributed by atoms with Crippen molar-refractivity contribution < 1.29 is 14.3 Å². The number of aryl methyl sites for hydroxylation is 1. The SMILES string of the molecule is CCOC(=O)c1c(C)csc1NC(=O)[C@H](C)Cl. The molecule has 0 aromatic carbocycles. The van der Waals surface area contributed by atoms with Crippen LogP contribution in [0.15, 0.2) is 5.38 Å². The molecule has 1 atom stereocenters. The molecule has 1 rings (SSSR count). The van der Waals surface area contributed by atoms with E-state index in [0.717, 1.165) is 5.56 Å². The van der Waals surface area contributed by atoms with Crippen molar-refractivity contribution in [3.63, 3.8) is 0 Å². The third-order valence-corrected chi connectivity index (χ3v) is 3.26. The Hall–Kier alpha value is -1.07. The van der Waals surface area contributed by atoms with Crippen LogP contribution in [0.1, 0.15) is 29.8 Å². The summed E-state index contributed by atoms with van der Waals surface area (Å²) in [7, 11) is 0. The van der Waals surface area contributed by atoms with E-state index in [0.29, 0.717) is 17.2 Å². The molecule has 94 valence electrons. The molecule has 1 aromatic rings. The maximum absolute atomic E-state index is 11.7. The third kappa shape index (κ3) is 3.44. The number of hydrogen-bond donors (Lipinski definition) is 1. The average Bonchev–Trinajstić information content (AvgIpc) is 2.60. The lowest BCUT2D eigenvalue weighted by atomic mass is 10.2. The van der Waals surface area contributed by atoms with Crippen LogP contribution in [0, 0.1) is 6.92 Å². The lowest BCUT2D eigenvalue weighted by Gasteiger charge is -2.07. The van der Waals surface area contributed by atoms with Gasteiger partial charge in [0.05, 0.1) is 12.2 Å². The van der Waals surface area contributed by atoms with Gasteiger partial charge in [-0.2, -0.15) is 0 Å². The molecule has 0 saturated heterocycles. The molecule has 0 bridgehead atoms. The summed E-state index contributed by atoms with van der Waals surface area (Å²) in [5, 5.41) is 4.25. The third-order valence-electron chi connectivity index (χ3n) is 2.05. The Kier molecular flexibility index (Phi) is 4.96. The quantitative estimate of drug-likeness (QED) is 0.679. The van der Waals surface area contributed by atoms with E-state index in [1.54, 1.807) is 26.2 Å². The molecule has 0 saturated carbocycles. The molecular formula is C11H14ClNO3S. The highest BCUT2D eigenvalue weighted by Gasteiger charge is 2.20. The highest BCUT2D eigenvalue weighted by Crippen LogP contribution is 2.28. The molecule has 1 amide bonds. The Bertz CT molecular complexity index is 428. The zero-order chi connectivity index (χ0) is 13.0. The van der Waals surface area contributed by atoms with Gasteiger partial charge in [0.1, 0.15) is 10.4 Å². The summed E-state index contributed by atoms with van der Waals surface area (Å²) in [6.07, 6.45) is 0. The van der Waals surface area contributed by atoms with Gasteiger partial charge in [0.15, 0.2) is 0 Å². The molecule has 0 radical (unpaired) electrons. The summed E-state index contributed by atoms with van der Waals surface area (Å²) in [5.74, 6) is -0.761. The van der Waals surface area contributed by atoms with Crippen molar-refractivity contribution in [2.24, 2.45) is 0 Å². The average molecular weight is 276 g/mol. The van der Waals surface area contributed by atoms with E-state index in [1.165, 1.54) is 11.3 Å². The van der Waals surface area contributed by atoms with Crippen LogP contribution < -0.4 is 5.32 Å². The number of thiophene rings is 1. The summed E-state index contributed by atoms with van der Waals surface area (Å²) < 4.78 is 4.93. The number of hydrogen-bond acceptors (Lipinski definition) is 4. The smallest absolute Gasteiger partial charge is 0.341 e. The number of anilines is 1. The van der Waals surface area contributed by atoms with Crippen molar-refractivity contribution in [1.82, 2.24) is 0 Å². The van der Waals surface area contributed by atoms with Crippen LogP contribution in [0.3, 0.4) is 0 Å². The molecule has 0 unspecified atom stereocenters. The molecule has 1 aromatic heterocycles. The summed E-state index contributed by atoms with van der Waals surface area (Å²) >= 11 is 6.94. The summed E-state index contributed by atoms with van der Waals surface area (Å²) in [6, 6.07) is 0. The number of carbonyl (C=O) groups excluding carboxylic acids is 2. The minimum absolute atomic E-state index is 0.299. The van der Waals surface area contributed by atoms with Crippen LogP contribution in [-0.2, 0) is 9.53 Å². The van der Waals surface area contributed by atoms with E-state index in [-0.39, 0.29) is 5.91 Å². The van der Waals surface area contributed by atoms with Crippen LogP contribution in [0.2, 0.25) is 0 Å². The van der Waals surface area contributed by atoms with Crippen molar-refractivity contribution in [2.75, 3.05) is 11.9 Å².